The van der Waals surface area contributed by atoms with Gasteiger partial charge >= 0.3 is 0 Å². The van der Waals surface area contributed by atoms with Crippen LogP contribution in [-0.2, 0) is 20.7 Å². The van der Waals surface area contributed by atoms with E-state index < -0.39 is 0 Å². The number of methoxy groups -OCH3 is 1. The van der Waals surface area contributed by atoms with Gasteiger partial charge in [0.05, 0.1) is 31.9 Å². The van der Waals surface area contributed by atoms with E-state index >= 15 is 0 Å². The topological polar surface area (TPSA) is 69.7 Å². The van der Waals surface area contributed by atoms with Crippen molar-refractivity contribution in [1.29, 1.82) is 0 Å². The van der Waals surface area contributed by atoms with Gasteiger partial charge in [-0.1, -0.05) is 26.2 Å². The molecule has 1 aliphatic carbocycles. The number of hydrogen-bond acceptors (Lipinski definition) is 5. The summed E-state index contributed by atoms with van der Waals surface area (Å²) in [5, 5.41) is 4.25. The second kappa shape index (κ2) is 9.31. The van der Waals surface area contributed by atoms with Gasteiger partial charge in [0.2, 0.25) is 5.91 Å². The number of aryl methyl sites for hydroxylation is 1. The smallest absolute Gasteiger partial charge is 0.226 e. The molecule has 1 N–H and O–H groups in total. The lowest BCUT2D eigenvalue weighted by atomic mass is 9.75. The molecule has 0 radical (unpaired) electrons. The van der Waals surface area contributed by atoms with Crippen molar-refractivity contribution in [3.05, 3.63) is 36.0 Å². The second-order valence-electron chi connectivity index (χ2n) is 8.78. The van der Waals surface area contributed by atoms with Crippen molar-refractivity contribution in [1.82, 2.24) is 10.3 Å². The van der Waals surface area contributed by atoms with Crippen LogP contribution >= 0.6 is 0 Å². The third-order valence-electron chi connectivity index (χ3n) is 6.50. The van der Waals surface area contributed by atoms with E-state index in [0.29, 0.717) is 13.2 Å². The Bertz CT molecular complexity index is 871. The number of rotatable bonds is 6. The van der Waals surface area contributed by atoms with Gasteiger partial charge in [0.25, 0.3) is 0 Å². The minimum Gasteiger partial charge on any atom is -0.497 e. The molecule has 1 aromatic carbocycles. The van der Waals surface area contributed by atoms with Gasteiger partial charge < -0.3 is 19.5 Å². The highest BCUT2D eigenvalue weighted by molar-refractivity contribution is 5.83. The molecule has 1 saturated carbocycles. The van der Waals surface area contributed by atoms with Gasteiger partial charge in [-0.15, -0.1) is 0 Å². The highest BCUT2D eigenvalue weighted by atomic mass is 16.7. The van der Waals surface area contributed by atoms with Gasteiger partial charge in [-0.3, -0.25) is 9.78 Å². The summed E-state index contributed by atoms with van der Waals surface area (Å²) in [4.78, 5) is 17.2. The summed E-state index contributed by atoms with van der Waals surface area (Å²) in [6, 6.07) is 7.90. The van der Waals surface area contributed by atoms with Crippen LogP contribution in [0.5, 0.6) is 5.75 Å². The second-order valence-corrected chi connectivity index (χ2v) is 8.78. The Balaban J connectivity index is 1.28. The Morgan fingerprint density at radius 2 is 1.97 bits per heavy atom. The summed E-state index contributed by atoms with van der Waals surface area (Å²) < 4.78 is 17.2. The molecule has 162 valence electrons. The average molecular weight is 413 g/mol. The van der Waals surface area contributed by atoms with Gasteiger partial charge in [0.1, 0.15) is 5.75 Å². The predicted octanol–water partition coefficient (Wildman–Crippen LogP) is 4.00. The molecule has 1 saturated heterocycles. The summed E-state index contributed by atoms with van der Waals surface area (Å²) in [6.45, 7) is 3.08. The van der Waals surface area contributed by atoms with E-state index in [-0.39, 0.29) is 23.7 Å². The molecular formula is C24H32N2O4. The van der Waals surface area contributed by atoms with E-state index in [1.165, 1.54) is 12.0 Å². The van der Waals surface area contributed by atoms with Gasteiger partial charge in [-0.2, -0.15) is 0 Å². The van der Waals surface area contributed by atoms with Crippen molar-refractivity contribution in [2.45, 2.75) is 64.2 Å². The quantitative estimate of drug-likeness (QED) is 0.777. The Labute approximate surface area is 178 Å². The van der Waals surface area contributed by atoms with E-state index in [4.69, 9.17) is 14.2 Å². The van der Waals surface area contributed by atoms with Crippen LogP contribution in [0.15, 0.2) is 30.5 Å². The maximum Gasteiger partial charge on any atom is 0.226 e. The first-order valence-electron chi connectivity index (χ1n) is 11.0. The van der Waals surface area contributed by atoms with Crippen LogP contribution in [0, 0.1) is 5.41 Å². The number of hydrogen-bond donors (Lipinski definition) is 1. The minimum absolute atomic E-state index is 0.0708. The largest absolute Gasteiger partial charge is 0.497 e. The molecule has 0 unspecified atom stereocenters. The number of ether oxygens (including phenoxy) is 3. The van der Waals surface area contributed by atoms with E-state index in [1.807, 2.05) is 30.5 Å². The molecule has 0 spiro atoms. The Kier molecular flexibility index (Phi) is 6.54. The van der Waals surface area contributed by atoms with Crippen molar-refractivity contribution in [2.75, 3.05) is 20.3 Å². The number of aromatic nitrogens is 1. The maximum absolute atomic E-state index is 12.7. The maximum atomic E-state index is 12.7. The summed E-state index contributed by atoms with van der Waals surface area (Å²) >= 11 is 0. The standard InChI is InChI=1S/C24H32N2O4/c1-24(11-4-3-5-12-24)23(27)26-18-15-29-22(30-16-18)9-6-17-10-13-25-21-8-7-19(28-2)14-20(17)21/h7-8,10,13-14,18,22H,3-6,9,11-12,15-16H2,1-2H3,(H,26,27). The molecule has 2 heterocycles. The normalized spacial score (nSPS) is 23.8. The summed E-state index contributed by atoms with van der Waals surface area (Å²) in [5.41, 5.74) is 1.92. The Morgan fingerprint density at radius 1 is 1.20 bits per heavy atom. The van der Waals surface area contributed by atoms with Crippen LogP contribution in [0.3, 0.4) is 0 Å². The summed E-state index contributed by atoms with van der Waals surface area (Å²) in [6.07, 6.45) is 8.63. The number of amides is 1. The van der Waals surface area contributed by atoms with Crippen LogP contribution in [-0.4, -0.2) is 43.5 Å². The van der Waals surface area contributed by atoms with Gasteiger partial charge in [-0.25, -0.2) is 0 Å². The third kappa shape index (κ3) is 4.76. The van der Waals surface area contributed by atoms with Crippen LogP contribution in [0.2, 0.25) is 0 Å². The fraction of sp³-hybridized carbons (Fsp3) is 0.583. The molecule has 0 atom stereocenters. The summed E-state index contributed by atoms with van der Waals surface area (Å²) in [7, 11) is 1.67. The molecule has 30 heavy (non-hydrogen) atoms. The minimum atomic E-state index is -0.253. The molecule has 1 aromatic heterocycles. The molecule has 2 aliphatic rings. The SMILES string of the molecule is COc1ccc2nccc(CCC3OCC(NC(=O)C4(C)CCCCC4)CO3)c2c1. The van der Waals surface area contributed by atoms with Crippen molar-refractivity contribution in [3.63, 3.8) is 0 Å². The molecule has 0 bridgehead atoms. The zero-order valence-corrected chi connectivity index (χ0v) is 18.0. The van der Waals surface area contributed by atoms with E-state index in [2.05, 4.69) is 17.2 Å². The Morgan fingerprint density at radius 3 is 2.70 bits per heavy atom. The summed E-state index contributed by atoms with van der Waals surface area (Å²) in [5.74, 6) is 0.974. The molecule has 1 amide bonds. The lowest BCUT2D eigenvalue weighted by Gasteiger charge is -2.35. The van der Waals surface area contributed by atoms with E-state index in [0.717, 1.165) is 55.2 Å². The number of nitrogens with zero attached hydrogens (tertiary/aromatic N) is 1. The Hall–Kier alpha value is -2.18. The van der Waals surface area contributed by atoms with Crippen molar-refractivity contribution < 1.29 is 19.0 Å². The first kappa shape index (κ1) is 21.1. The van der Waals surface area contributed by atoms with Crippen molar-refractivity contribution in [2.24, 2.45) is 5.41 Å². The lowest BCUT2D eigenvalue weighted by molar-refractivity contribution is -0.193. The zero-order chi connectivity index (χ0) is 21.0. The van der Waals surface area contributed by atoms with Crippen LogP contribution in [0.4, 0.5) is 0 Å². The van der Waals surface area contributed by atoms with Gasteiger partial charge in [0.15, 0.2) is 6.29 Å². The zero-order valence-electron chi connectivity index (χ0n) is 18.0. The fourth-order valence-corrected chi connectivity index (χ4v) is 4.51. The average Bonchev–Trinajstić information content (AvgIpc) is 2.78. The predicted molar refractivity (Wildman–Crippen MR) is 115 cm³/mol. The first-order chi connectivity index (χ1) is 14.6. The number of carbonyl (C=O) groups excluding carboxylic acids is 1. The third-order valence-corrected chi connectivity index (χ3v) is 6.50. The molecule has 2 fully saturated rings. The molecule has 1 aliphatic heterocycles. The first-order valence-corrected chi connectivity index (χ1v) is 11.0. The molecular weight excluding hydrogens is 380 g/mol. The van der Waals surface area contributed by atoms with E-state index in [9.17, 15) is 4.79 Å². The number of benzene rings is 1. The molecule has 4 rings (SSSR count). The lowest BCUT2D eigenvalue weighted by Crippen LogP contribution is -2.51. The van der Waals surface area contributed by atoms with Crippen LogP contribution < -0.4 is 10.1 Å². The van der Waals surface area contributed by atoms with Gasteiger partial charge in [0, 0.05) is 23.4 Å². The number of fused-ring (bicyclic) bond motifs is 1. The van der Waals surface area contributed by atoms with Crippen molar-refractivity contribution >= 4 is 16.8 Å². The van der Waals surface area contributed by atoms with E-state index in [1.54, 1.807) is 7.11 Å². The van der Waals surface area contributed by atoms with Crippen LogP contribution in [0.1, 0.15) is 51.0 Å². The van der Waals surface area contributed by atoms with Crippen molar-refractivity contribution in [3.8, 4) is 5.75 Å². The molecule has 2 aromatic rings. The fourth-order valence-electron chi connectivity index (χ4n) is 4.51. The monoisotopic (exact) mass is 412 g/mol. The number of pyridine rings is 1. The highest BCUT2D eigenvalue weighted by Gasteiger charge is 2.36. The number of carbonyl (C=O) groups is 1. The highest BCUT2D eigenvalue weighted by Crippen LogP contribution is 2.36. The molecule has 6 heteroatoms. The molecule has 6 nitrogen and oxygen atoms in total. The van der Waals surface area contributed by atoms with Gasteiger partial charge in [-0.05, 0) is 49.1 Å². The number of nitrogens with one attached hydrogen (secondary N) is 1. The van der Waals surface area contributed by atoms with Crippen LogP contribution in [0.25, 0.3) is 10.9 Å².